The van der Waals surface area contributed by atoms with Crippen LogP contribution < -0.4 is 0 Å². The molecule has 0 aliphatic carbocycles. The van der Waals surface area contributed by atoms with E-state index in [1.807, 2.05) is 47.0 Å². The van der Waals surface area contributed by atoms with E-state index in [4.69, 9.17) is 0 Å². The molecular weight excluding hydrogens is 270 g/mol. The quantitative estimate of drug-likeness (QED) is 0.742. The third-order valence-corrected chi connectivity index (χ3v) is 4.10. The zero-order valence-electron chi connectivity index (χ0n) is 11.4. The van der Waals surface area contributed by atoms with Crippen molar-refractivity contribution in [3.8, 4) is 0 Å². The first-order valence-corrected chi connectivity index (χ1v) is 7.25. The molecule has 0 saturated heterocycles. The number of pyridine rings is 1. The Morgan fingerprint density at radius 2 is 2.20 bits per heavy atom. The van der Waals surface area contributed by atoms with Gasteiger partial charge in [-0.15, -0.1) is 11.3 Å². The van der Waals surface area contributed by atoms with Gasteiger partial charge in [0.15, 0.2) is 0 Å². The Bertz CT molecular complexity index is 746. The van der Waals surface area contributed by atoms with Crippen molar-refractivity contribution in [1.29, 1.82) is 0 Å². The lowest BCUT2D eigenvalue weighted by Gasteiger charge is -2.14. The number of amides is 1. The molecule has 0 atom stereocenters. The van der Waals surface area contributed by atoms with E-state index in [1.54, 1.807) is 29.5 Å². The molecule has 0 spiro atoms. The average Bonchev–Trinajstić information content (AvgIpc) is 3.07. The van der Waals surface area contributed by atoms with E-state index in [0.717, 1.165) is 11.3 Å². The summed E-state index contributed by atoms with van der Waals surface area (Å²) in [4.78, 5) is 19.7. The van der Waals surface area contributed by atoms with Gasteiger partial charge in [-0.25, -0.2) is 4.98 Å². The number of aryl methyl sites for hydroxylation is 1. The van der Waals surface area contributed by atoms with Crippen molar-refractivity contribution in [2.45, 2.75) is 13.5 Å². The first kappa shape index (κ1) is 12.9. The summed E-state index contributed by atoms with van der Waals surface area (Å²) in [7, 11) is 1.80. The van der Waals surface area contributed by atoms with Crippen LogP contribution in [0, 0.1) is 6.92 Å². The van der Waals surface area contributed by atoms with Crippen molar-refractivity contribution < 1.29 is 4.79 Å². The highest BCUT2D eigenvalue weighted by molar-refractivity contribution is 7.09. The van der Waals surface area contributed by atoms with Crippen LogP contribution in [0.4, 0.5) is 0 Å². The minimum atomic E-state index is -0.0542. The number of aromatic nitrogens is 2. The van der Waals surface area contributed by atoms with Crippen LogP contribution in [0.15, 0.2) is 41.9 Å². The lowest BCUT2D eigenvalue weighted by molar-refractivity contribution is 0.0781. The Labute approximate surface area is 121 Å². The van der Waals surface area contributed by atoms with Gasteiger partial charge in [0.05, 0.1) is 6.54 Å². The number of fused-ring (bicyclic) bond motifs is 1. The van der Waals surface area contributed by atoms with Gasteiger partial charge in [0.1, 0.15) is 11.3 Å². The van der Waals surface area contributed by atoms with E-state index >= 15 is 0 Å². The van der Waals surface area contributed by atoms with Gasteiger partial charge in [-0.3, -0.25) is 4.79 Å². The van der Waals surface area contributed by atoms with E-state index < -0.39 is 0 Å². The lowest BCUT2D eigenvalue weighted by Crippen LogP contribution is -2.26. The van der Waals surface area contributed by atoms with Gasteiger partial charge in [-0.05, 0) is 30.5 Å². The van der Waals surface area contributed by atoms with Crippen LogP contribution >= 0.6 is 11.3 Å². The number of carbonyl (C=O) groups excluding carboxylic acids is 1. The number of imidazole rings is 1. The molecule has 0 saturated carbocycles. The summed E-state index contributed by atoms with van der Waals surface area (Å²) in [5, 5.41) is 2.02. The van der Waals surface area contributed by atoms with Crippen molar-refractivity contribution in [2.24, 2.45) is 0 Å². The Balaban J connectivity index is 1.86. The van der Waals surface area contributed by atoms with Crippen LogP contribution in [0.1, 0.15) is 21.1 Å². The third-order valence-electron chi connectivity index (χ3n) is 3.23. The number of nitrogens with zero attached hydrogens (tertiary/aromatic N) is 3. The number of hydrogen-bond donors (Lipinski definition) is 0. The molecule has 0 bridgehead atoms. The fourth-order valence-electron chi connectivity index (χ4n) is 2.16. The van der Waals surface area contributed by atoms with Crippen molar-refractivity contribution >= 4 is 22.9 Å². The van der Waals surface area contributed by atoms with Crippen molar-refractivity contribution in [1.82, 2.24) is 14.3 Å². The van der Waals surface area contributed by atoms with Gasteiger partial charge >= 0.3 is 0 Å². The minimum Gasteiger partial charge on any atom is -0.335 e. The molecule has 3 rings (SSSR count). The maximum Gasteiger partial charge on any atom is 0.274 e. The Kier molecular flexibility index (Phi) is 3.28. The highest BCUT2D eigenvalue weighted by Gasteiger charge is 2.16. The van der Waals surface area contributed by atoms with Gasteiger partial charge < -0.3 is 9.30 Å². The van der Waals surface area contributed by atoms with E-state index in [1.165, 1.54) is 4.88 Å². The second-order valence-corrected chi connectivity index (χ2v) is 5.79. The van der Waals surface area contributed by atoms with Gasteiger partial charge in [0, 0.05) is 23.8 Å². The average molecular weight is 285 g/mol. The summed E-state index contributed by atoms with van der Waals surface area (Å²) in [5.74, 6) is -0.0542. The van der Waals surface area contributed by atoms with Crippen LogP contribution in [-0.2, 0) is 6.54 Å². The molecule has 3 heterocycles. The molecular formula is C15H15N3OS. The first-order valence-electron chi connectivity index (χ1n) is 6.38. The minimum absolute atomic E-state index is 0.0542. The predicted molar refractivity (Wildman–Crippen MR) is 80.0 cm³/mol. The molecule has 102 valence electrons. The van der Waals surface area contributed by atoms with Gasteiger partial charge in [0.25, 0.3) is 5.91 Å². The molecule has 3 aromatic rings. The zero-order chi connectivity index (χ0) is 14.1. The monoisotopic (exact) mass is 285 g/mol. The van der Waals surface area contributed by atoms with E-state index in [-0.39, 0.29) is 5.91 Å². The van der Waals surface area contributed by atoms with E-state index in [9.17, 15) is 4.79 Å². The Morgan fingerprint density at radius 1 is 1.35 bits per heavy atom. The molecule has 4 nitrogen and oxygen atoms in total. The fourth-order valence-corrected chi connectivity index (χ4v) is 2.91. The summed E-state index contributed by atoms with van der Waals surface area (Å²) in [6.07, 6.45) is 1.80. The second-order valence-electron chi connectivity index (χ2n) is 4.76. The molecule has 5 heteroatoms. The van der Waals surface area contributed by atoms with Gasteiger partial charge in [-0.1, -0.05) is 12.1 Å². The number of hydrogen-bond acceptors (Lipinski definition) is 3. The standard InChI is InChI=1S/C15H15N3OS/c1-11-5-3-7-14-16-13(10-18(11)14)15(19)17(2)9-12-6-4-8-20-12/h3-8,10H,9H2,1-2H3. The van der Waals surface area contributed by atoms with Crippen LogP contribution in [0.25, 0.3) is 5.65 Å². The zero-order valence-corrected chi connectivity index (χ0v) is 12.2. The SMILES string of the molecule is Cc1cccc2nc(C(=O)N(C)Cc3cccs3)cn12. The molecule has 1 amide bonds. The van der Waals surface area contributed by atoms with Crippen LogP contribution in [0.5, 0.6) is 0 Å². The fraction of sp³-hybridized carbons (Fsp3) is 0.200. The maximum atomic E-state index is 12.4. The highest BCUT2D eigenvalue weighted by atomic mass is 32.1. The Morgan fingerprint density at radius 3 is 2.90 bits per heavy atom. The lowest BCUT2D eigenvalue weighted by atomic mass is 10.3. The molecule has 0 aliphatic rings. The van der Waals surface area contributed by atoms with Crippen LogP contribution in [0.2, 0.25) is 0 Å². The van der Waals surface area contributed by atoms with Crippen LogP contribution in [-0.4, -0.2) is 27.2 Å². The third kappa shape index (κ3) is 2.32. The maximum absolute atomic E-state index is 12.4. The topological polar surface area (TPSA) is 37.6 Å². The van der Waals surface area contributed by atoms with Crippen molar-refractivity contribution in [3.05, 3.63) is 58.2 Å². The van der Waals surface area contributed by atoms with Gasteiger partial charge in [-0.2, -0.15) is 0 Å². The van der Waals surface area contributed by atoms with Crippen molar-refractivity contribution in [2.75, 3.05) is 7.05 Å². The molecule has 0 fully saturated rings. The summed E-state index contributed by atoms with van der Waals surface area (Å²) in [6, 6.07) is 9.87. The molecule has 3 aromatic heterocycles. The highest BCUT2D eigenvalue weighted by Crippen LogP contribution is 2.14. The molecule has 0 aromatic carbocycles. The molecule has 0 unspecified atom stereocenters. The van der Waals surface area contributed by atoms with E-state index in [0.29, 0.717) is 12.2 Å². The smallest absolute Gasteiger partial charge is 0.274 e. The number of carbonyl (C=O) groups is 1. The molecule has 20 heavy (non-hydrogen) atoms. The summed E-state index contributed by atoms with van der Waals surface area (Å²) >= 11 is 1.65. The normalized spacial score (nSPS) is 10.9. The molecule has 0 aliphatic heterocycles. The van der Waals surface area contributed by atoms with E-state index in [2.05, 4.69) is 4.98 Å². The number of thiophene rings is 1. The number of rotatable bonds is 3. The molecule has 0 N–H and O–H groups in total. The second kappa shape index (κ2) is 5.09. The summed E-state index contributed by atoms with van der Waals surface area (Å²) in [6.45, 7) is 2.61. The van der Waals surface area contributed by atoms with Crippen molar-refractivity contribution in [3.63, 3.8) is 0 Å². The summed E-state index contributed by atoms with van der Waals surface area (Å²) in [5.41, 5.74) is 2.35. The van der Waals surface area contributed by atoms with Crippen LogP contribution in [0.3, 0.4) is 0 Å². The Hall–Kier alpha value is -2.14. The predicted octanol–water partition coefficient (Wildman–Crippen LogP) is 2.98. The largest absolute Gasteiger partial charge is 0.335 e. The van der Waals surface area contributed by atoms with Gasteiger partial charge in [0.2, 0.25) is 0 Å². The first-order chi connectivity index (χ1) is 9.65. The summed E-state index contributed by atoms with van der Waals surface area (Å²) < 4.78 is 1.94. The molecule has 0 radical (unpaired) electrons.